The van der Waals surface area contributed by atoms with Crippen molar-refractivity contribution in [1.82, 2.24) is 19.5 Å². The summed E-state index contributed by atoms with van der Waals surface area (Å²) < 4.78 is 7.35. The van der Waals surface area contributed by atoms with Gasteiger partial charge in [0.2, 0.25) is 5.88 Å². The van der Waals surface area contributed by atoms with Crippen LogP contribution >= 0.6 is 0 Å². The Morgan fingerprint density at radius 3 is 2.74 bits per heavy atom. The highest BCUT2D eigenvalue weighted by atomic mass is 16.6. The van der Waals surface area contributed by atoms with E-state index in [9.17, 15) is 4.79 Å². The summed E-state index contributed by atoms with van der Waals surface area (Å²) in [6.45, 7) is 3.61. The van der Waals surface area contributed by atoms with Gasteiger partial charge in [0.25, 0.3) is 0 Å². The van der Waals surface area contributed by atoms with Crippen molar-refractivity contribution in [2.45, 2.75) is 51.9 Å². The largest absolute Gasteiger partial charge is 0.416 e. The van der Waals surface area contributed by atoms with Crippen LogP contribution in [0.4, 0.5) is 4.79 Å². The molecule has 0 aromatic carbocycles. The van der Waals surface area contributed by atoms with Gasteiger partial charge in [-0.1, -0.05) is 0 Å². The number of aryl methyl sites for hydroxylation is 2. The van der Waals surface area contributed by atoms with Crippen LogP contribution in [-0.2, 0) is 12.8 Å². The number of aromatic nitrogens is 3. The molecule has 1 amide bonds. The fourth-order valence-electron chi connectivity index (χ4n) is 3.66. The van der Waals surface area contributed by atoms with E-state index in [1.807, 2.05) is 4.52 Å². The van der Waals surface area contributed by atoms with E-state index in [0.717, 1.165) is 50.1 Å². The number of rotatable bonds is 1. The van der Waals surface area contributed by atoms with Gasteiger partial charge in [-0.3, -0.25) is 0 Å². The second-order valence-electron chi connectivity index (χ2n) is 6.50. The minimum absolute atomic E-state index is 0.293. The van der Waals surface area contributed by atoms with Gasteiger partial charge in [-0.15, -0.1) is 5.10 Å². The van der Waals surface area contributed by atoms with Crippen molar-refractivity contribution in [2.24, 2.45) is 0 Å². The summed E-state index contributed by atoms with van der Waals surface area (Å²) in [7, 11) is 0. The van der Waals surface area contributed by atoms with Crippen molar-refractivity contribution in [1.29, 1.82) is 0 Å². The first-order valence-corrected chi connectivity index (χ1v) is 8.57. The number of amides is 1. The van der Waals surface area contributed by atoms with Crippen LogP contribution < -0.4 is 4.74 Å². The lowest BCUT2D eigenvalue weighted by Crippen LogP contribution is -2.37. The van der Waals surface area contributed by atoms with Crippen molar-refractivity contribution in [3.8, 4) is 5.88 Å². The number of hydrogen-bond donors (Lipinski definition) is 0. The number of carbonyl (C=O) groups is 1. The Balaban J connectivity index is 1.62. The molecule has 2 aromatic heterocycles. The van der Waals surface area contributed by atoms with Gasteiger partial charge in [-0.05, 0) is 57.4 Å². The first-order valence-electron chi connectivity index (χ1n) is 8.57. The van der Waals surface area contributed by atoms with Gasteiger partial charge in [0.15, 0.2) is 5.65 Å². The van der Waals surface area contributed by atoms with Crippen LogP contribution in [0.5, 0.6) is 5.88 Å². The Kier molecular flexibility index (Phi) is 3.67. The monoisotopic (exact) mass is 314 g/mol. The number of piperidine rings is 1. The molecule has 3 heterocycles. The molecule has 0 spiro atoms. The Morgan fingerprint density at radius 2 is 1.91 bits per heavy atom. The third-order valence-corrected chi connectivity index (χ3v) is 4.89. The molecular formula is C17H22N4O2. The summed E-state index contributed by atoms with van der Waals surface area (Å²) in [5.41, 5.74) is 4.37. The highest BCUT2D eigenvalue weighted by molar-refractivity contribution is 5.70. The minimum atomic E-state index is -0.293. The predicted molar refractivity (Wildman–Crippen MR) is 85.8 cm³/mol. The van der Waals surface area contributed by atoms with E-state index in [1.54, 1.807) is 11.0 Å². The highest BCUT2D eigenvalue weighted by Gasteiger charge is 2.22. The van der Waals surface area contributed by atoms with Crippen LogP contribution in [0, 0.1) is 6.92 Å². The normalized spacial score (nSPS) is 18.0. The zero-order valence-corrected chi connectivity index (χ0v) is 13.5. The van der Waals surface area contributed by atoms with Crippen LogP contribution in [-0.4, -0.2) is 38.7 Å². The first-order chi connectivity index (χ1) is 11.2. The van der Waals surface area contributed by atoms with Crippen LogP contribution in [0.3, 0.4) is 0 Å². The summed E-state index contributed by atoms with van der Waals surface area (Å²) >= 11 is 0. The van der Waals surface area contributed by atoms with Crippen LogP contribution in [0.2, 0.25) is 0 Å². The molecule has 0 N–H and O–H groups in total. The molecule has 6 heteroatoms. The quantitative estimate of drug-likeness (QED) is 0.812. The molecule has 0 bridgehead atoms. The van der Waals surface area contributed by atoms with Gasteiger partial charge in [0.05, 0.1) is 0 Å². The standard InChI is InChI=1S/C17H22N4O2/c1-12-13-7-3-4-8-14(13)21-15(18-12)11-16(19-21)23-17(22)20-9-5-2-6-10-20/h11H,2-10H2,1H3. The molecule has 2 aliphatic rings. The van der Waals surface area contributed by atoms with Crippen molar-refractivity contribution in [3.05, 3.63) is 23.0 Å². The lowest BCUT2D eigenvalue weighted by atomic mass is 9.95. The fourth-order valence-corrected chi connectivity index (χ4v) is 3.66. The predicted octanol–water partition coefficient (Wildman–Crippen LogP) is 2.90. The molecule has 122 valence electrons. The number of likely N-dealkylation sites (tertiary alicyclic amines) is 1. The number of ether oxygens (including phenoxy) is 1. The van der Waals surface area contributed by atoms with E-state index in [4.69, 9.17) is 4.74 Å². The number of fused-ring (bicyclic) bond motifs is 3. The van der Waals surface area contributed by atoms with E-state index in [1.165, 1.54) is 30.5 Å². The van der Waals surface area contributed by atoms with E-state index < -0.39 is 0 Å². The van der Waals surface area contributed by atoms with Gasteiger partial charge in [-0.2, -0.15) is 0 Å². The maximum atomic E-state index is 12.2. The summed E-state index contributed by atoms with van der Waals surface area (Å²) in [4.78, 5) is 18.6. The smallest absolute Gasteiger partial charge is 0.389 e. The minimum Gasteiger partial charge on any atom is -0.389 e. The summed E-state index contributed by atoms with van der Waals surface area (Å²) in [5, 5.41) is 4.49. The maximum absolute atomic E-state index is 12.2. The summed E-state index contributed by atoms with van der Waals surface area (Å²) in [5.74, 6) is 0.353. The molecule has 1 aliphatic heterocycles. The second kappa shape index (κ2) is 5.83. The number of nitrogens with zero attached hydrogens (tertiary/aromatic N) is 4. The molecule has 1 saturated heterocycles. The topological polar surface area (TPSA) is 59.7 Å². The molecule has 0 atom stereocenters. The van der Waals surface area contributed by atoms with Gasteiger partial charge in [0.1, 0.15) is 0 Å². The lowest BCUT2D eigenvalue weighted by molar-refractivity contribution is 0.140. The lowest BCUT2D eigenvalue weighted by Gasteiger charge is -2.25. The average Bonchev–Trinajstić information content (AvgIpc) is 2.98. The summed E-state index contributed by atoms with van der Waals surface area (Å²) in [6.07, 6.45) is 7.45. The molecule has 2 aromatic rings. The van der Waals surface area contributed by atoms with Crippen molar-refractivity contribution < 1.29 is 9.53 Å². The Hall–Kier alpha value is -2.11. The van der Waals surface area contributed by atoms with Crippen LogP contribution in [0.1, 0.15) is 49.1 Å². The molecule has 1 aliphatic carbocycles. The van der Waals surface area contributed by atoms with E-state index in [-0.39, 0.29) is 6.09 Å². The number of carbonyl (C=O) groups excluding carboxylic acids is 1. The zero-order chi connectivity index (χ0) is 15.8. The molecule has 23 heavy (non-hydrogen) atoms. The van der Waals surface area contributed by atoms with Crippen molar-refractivity contribution >= 4 is 11.7 Å². The third-order valence-electron chi connectivity index (χ3n) is 4.89. The van der Waals surface area contributed by atoms with Crippen LogP contribution in [0.15, 0.2) is 6.07 Å². The molecule has 4 rings (SSSR count). The van der Waals surface area contributed by atoms with E-state index in [0.29, 0.717) is 5.88 Å². The van der Waals surface area contributed by atoms with Crippen molar-refractivity contribution in [2.75, 3.05) is 13.1 Å². The fraction of sp³-hybridized carbons (Fsp3) is 0.588. The van der Waals surface area contributed by atoms with Gasteiger partial charge >= 0.3 is 6.09 Å². The SMILES string of the molecule is Cc1nc2cc(OC(=O)N3CCCCC3)nn2c2c1CCCC2. The Morgan fingerprint density at radius 1 is 1.13 bits per heavy atom. The van der Waals surface area contributed by atoms with E-state index in [2.05, 4.69) is 17.0 Å². The van der Waals surface area contributed by atoms with Crippen molar-refractivity contribution in [3.63, 3.8) is 0 Å². The highest BCUT2D eigenvalue weighted by Crippen LogP contribution is 2.26. The van der Waals surface area contributed by atoms with E-state index >= 15 is 0 Å². The zero-order valence-electron chi connectivity index (χ0n) is 13.5. The van der Waals surface area contributed by atoms with Gasteiger partial charge in [-0.25, -0.2) is 14.3 Å². The first kappa shape index (κ1) is 14.5. The molecule has 0 saturated carbocycles. The molecule has 1 fully saturated rings. The second-order valence-corrected chi connectivity index (χ2v) is 6.50. The summed E-state index contributed by atoms with van der Waals surface area (Å²) in [6, 6.07) is 1.77. The van der Waals surface area contributed by atoms with Gasteiger partial charge in [0, 0.05) is 30.5 Å². The van der Waals surface area contributed by atoms with Gasteiger partial charge < -0.3 is 9.64 Å². The number of hydrogen-bond acceptors (Lipinski definition) is 4. The molecule has 0 radical (unpaired) electrons. The third kappa shape index (κ3) is 2.66. The maximum Gasteiger partial charge on any atom is 0.416 e. The van der Waals surface area contributed by atoms with Crippen LogP contribution in [0.25, 0.3) is 5.65 Å². The average molecular weight is 314 g/mol. The molecule has 0 unspecified atom stereocenters. The Labute approximate surface area is 135 Å². The Bertz CT molecular complexity index is 747. The molecule has 6 nitrogen and oxygen atoms in total. The molecular weight excluding hydrogens is 292 g/mol.